The van der Waals surface area contributed by atoms with Gasteiger partial charge in [0.2, 0.25) is 0 Å². The molecule has 0 aromatic heterocycles. The molecule has 0 aliphatic heterocycles. The Balaban J connectivity index is 2.22. The molecular weight excluding hydrogens is 150 g/mol. The second kappa shape index (κ2) is 4.83. The van der Waals surface area contributed by atoms with Crippen LogP contribution in [0.2, 0.25) is 0 Å². The van der Waals surface area contributed by atoms with E-state index in [9.17, 15) is 0 Å². The monoisotopic (exact) mass is 171 g/mol. The maximum absolute atomic E-state index is 8.86. The number of rotatable bonds is 6. The maximum atomic E-state index is 8.86. The van der Waals surface area contributed by atoms with Crippen LogP contribution in [0.4, 0.5) is 0 Å². The third kappa shape index (κ3) is 3.11. The van der Waals surface area contributed by atoms with Gasteiger partial charge < -0.3 is 10.4 Å². The Kier molecular flexibility index (Phi) is 4.02. The molecule has 0 amide bonds. The summed E-state index contributed by atoms with van der Waals surface area (Å²) >= 11 is 0. The predicted molar refractivity (Wildman–Crippen MR) is 51.1 cm³/mol. The summed E-state index contributed by atoms with van der Waals surface area (Å²) in [6.07, 6.45) is 4.81. The van der Waals surface area contributed by atoms with E-state index in [4.69, 9.17) is 5.11 Å². The molecule has 0 radical (unpaired) electrons. The molecule has 0 spiro atoms. The van der Waals surface area contributed by atoms with Crippen LogP contribution in [0.5, 0.6) is 0 Å². The zero-order valence-corrected chi connectivity index (χ0v) is 8.21. The molecule has 0 saturated heterocycles. The van der Waals surface area contributed by atoms with Gasteiger partial charge in [-0.15, -0.1) is 0 Å². The highest BCUT2D eigenvalue weighted by Gasteiger charge is 2.30. The zero-order chi connectivity index (χ0) is 8.97. The summed E-state index contributed by atoms with van der Waals surface area (Å²) in [6, 6.07) is 1.17. The highest BCUT2D eigenvalue weighted by molar-refractivity contribution is 4.87. The van der Waals surface area contributed by atoms with E-state index in [-0.39, 0.29) is 0 Å². The second-order valence-electron chi connectivity index (χ2n) is 3.93. The van der Waals surface area contributed by atoms with E-state index in [2.05, 4.69) is 19.2 Å². The lowest BCUT2D eigenvalue weighted by molar-refractivity contribution is 0.249. The number of aliphatic hydroxyl groups excluding tert-OH is 1. The molecule has 0 bridgehead atoms. The molecule has 2 nitrogen and oxygen atoms in total. The molecule has 1 aliphatic carbocycles. The van der Waals surface area contributed by atoms with E-state index in [1.54, 1.807) is 0 Å². The molecule has 12 heavy (non-hydrogen) atoms. The number of nitrogens with one attached hydrogen (secondary N) is 1. The number of hydrogen-bond acceptors (Lipinski definition) is 2. The molecule has 2 unspecified atom stereocenters. The highest BCUT2D eigenvalue weighted by atomic mass is 16.3. The van der Waals surface area contributed by atoms with E-state index >= 15 is 0 Å². The van der Waals surface area contributed by atoms with Gasteiger partial charge in [-0.2, -0.15) is 0 Å². The fourth-order valence-electron chi connectivity index (χ4n) is 1.58. The van der Waals surface area contributed by atoms with Gasteiger partial charge in [-0.1, -0.05) is 6.92 Å². The summed E-state index contributed by atoms with van der Waals surface area (Å²) in [7, 11) is 0. The average molecular weight is 171 g/mol. The Morgan fingerprint density at radius 1 is 1.50 bits per heavy atom. The first-order chi connectivity index (χ1) is 5.77. The quantitative estimate of drug-likeness (QED) is 0.635. The molecule has 1 fully saturated rings. The summed E-state index contributed by atoms with van der Waals surface area (Å²) in [4.78, 5) is 0. The summed E-state index contributed by atoms with van der Waals surface area (Å²) in [5.74, 6) is 0.853. The predicted octanol–water partition coefficient (Wildman–Crippen LogP) is 1.54. The molecule has 2 N–H and O–H groups in total. The largest absolute Gasteiger partial charge is 0.396 e. The molecule has 2 heteroatoms. The fourth-order valence-corrected chi connectivity index (χ4v) is 1.58. The summed E-state index contributed by atoms with van der Waals surface area (Å²) in [6.45, 7) is 4.73. The molecule has 2 atom stereocenters. The van der Waals surface area contributed by atoms with Crippen molar-refractivity contribution >= 4 is 0 Å². The minimum atomic E-state index is 0.324. The van der Waals surface area contributed by atoms with Crippen LogP contribution in [-0.2, 0) is 0 Å². The lowest BCUT2D eigenvalue weighted by Crippen LogP contribution is -2.38. The van der Waals surface area contributed by atoms with Crippen LogP contribution in [0.25, 0.3) is 0 Å². The van der Waals surface area contributed by atoms with Crippen molar-refractivity contribution in [2.75, 3.05) is 6.61 Å². The van der Waals surface area contributed by atoms with E-state index in [1.807, 2.05) is 0 Å². The van der Waals surface area contributed by atoms with Gasteiger partial charge in [-0.25, -0.2) is 0 Å². The van der Waals surface area contributed by atoms with Crippen LogP contribution in [0.3, 0.4) is 0 Å². The maximum Gasteiger partial charge on any atom is 0.0445 e. The number of hydrogen-bond donors (Lipinski definition) is 2. The van der Waals surface area contributed by atoms with Gasteiger partial charge >= 0.3 is 0 Å². The van der Waals surface area contributed by atoms with Gasteiger partial charge in [0.15, 0.2) is 0 Å². The highest BCUT2D eigenvalue weighted by Crippen LogP contribution is 2.34. The van der Waals surface area contributed by atoms with Crippen molar-refractivity contribution in [3.63, 3.8) is 0 Å². The second-order valence-corrected chi connectivity index (χ2v) is 3.93. The van der Waals surface area contributed by atoms with Crippen molar-refractivity contribution in [3.8, 4) is 0 Å². The molecule has 0 aromatic carbocycles. The van der Waals surface area contributed by atoms with Crippen molar-refractivity contribution in [2.24, 2.45) is 5.92 Å². The normalized spacial score (nSPS) is 22.2. The van der Waals surface area contributed by atoms with Crippen LogP contribution < -0.4 is 5.32 Å². The Morgan fingerprint density at radius 2 is 2.17 bits per heavy atom. The summed E-state index contributed by atoms with van der Waals surface area (Å²) in [5, 5.41) is 12.4. The van der Waals surface area contributed by atoms with Crippen molar-refractivity contribution in [1.82, 2.24) is 5.32 Å². The Hall–Kier alpha value is -0.0800. The third-order valence-electron chi connectivity index (χ3n) is 2.74. The topological polar surface area (TPSA) is 32.3 Å². The smallest absolute Gasteiger partial charge is 0.0445 e. The van der Waals surface area contributed by atoms with E-state index in [1.165, 1.54) is 19.3 Å². The standard InChI is InChI=1S/C10H21NO/c1-3-8(2)11-10(6-7-12)9-4-5-9/h8-12H,3-7H2,1-2H3. The van der Waals surface area contributed by atoms with Gasteiger partial charge in [-0.3, -0.25) is 0 Å². The summed E-state index contributed by atoms with van der Waals surface area (Å²) in [5.41, 5.74) is 0. The van der Waals surface area contributed by atoms with Gasteiger partial charge in [0, 0.05) is 18.7 Å². The lowest BCUT2D eigenvalue weighted by atomic mass is 10.1. The van der Waals surface area contributed by atoms with E-state index in [0.29, 0.717) is 18.7 Å². The first-order valence-electron chi connectivity index (χ1n) is 5.14. The van der Waals surface area contributed by atoms with Gasteiger partial charge in [0.1, 0.15) is 0 Å². The first kappa shape index (κ1) is 10.0. The number of aliphatic hydroxyl groups is 1. The molecule has 1 aliphatic rings. The van der Waals surface area contributed by atoms with E-state index in [0.717, 1.165) is 12.3 Å². The van der Waals surface area contributed by atoms with Crippen LogP contribution in [0, 0.1) is 5.92 Å². The van der Waals surface area contributed by atoms with Gasteiger partial charge in [0.25, 0.3) is 0 Å². The average Bonchev–Trinajstić information content (AvgIpc) is 2.86. The lowest BCUT2D eigenvalue weighted by Gasteiger charge is -2.21. The Morgan fingerprint density at radius 3 is 2.58 bits per heavy atom. The molecular formula is C10H21NO. The van der Waals surface area contributed by atoms with Crippen molar-refractivity contribution in [2.45, 2.75) is 51.6 Å². The fraction of sp³-hybridized carbons (Fsp3) is 1.00. The summed E-state index contributed by atoms with van der Waals surface area (Å²) < 4.78 is 0. The van der Waals surface area contributed by atoms with Gasteiger partial charge in [0.05, 0.1) is 0 Å². The van der Waals surface area contributed by atoms with Crippen molar-refractivity contribution in [1.29, 1.82) is 0 Å². The molecule has 0 aromatic rings. The molecule has 1 rings (SSSR count). The molecule has 1 saturated carbocycles. The molecule has 0 heterocycles. The minimum absolute atomic E-state index is 0.324. The Bertz CT molecular complexity index is 123. The minimum Gasteiger partial charge on any atom is -0.396 e. The van der Waals surface area contributed by atoms with Gasteiger partial charge in [-0.05, 0) is 38.5 Å². The Labute approximate surface area is 75.4 Å². The first-order valence-corrected chi connectivity index (χ1v) is 5.14. The van der Waals surface area contributed by atoms with Crippen LogP contribution in [0.1, 0.15) is 39.5 Å². The SMILES string of the molecule is CCC(C)NC(CCO)C1CC1. The van der Waals surface area contributed by atoms with Crippen molar-refractivity contribution < 1.29 is 5.11 Å². The zero-order valence-electron chi connectivity index (χ0n) is 8.21. The molecule has 72 valence electrons. The van der Waals surface area contributed by atoms with Crippen LogP contribution >= 0.6 is 0 Å². The van der Waals surface area contributed by atoms with Crippen LogP contribution in [-0.4, -0.2) is 23.8 Å². The van der Waals surface area contributed by atoms with E-state index < -0.39 is 0 Å². The van der Waals surface area contributed by atoms with Crippen molar-refractivity contribution in [3.05, 3.63) is 0 Å². The third-order valence-corrected chi connectivity index (χ3v) is 2.74. The van der Waals surface area contributed by atoms with Crippen LogP contribution in [0.15, 0.2) is 0 Å².